The number of alkyl halides is 3. The van der Waals surface area contributed by atoms with Crippen LogP contribution in [0.15, 0.2) is 41.4 Å². The molecule has 2 aromatic rings. The van der Waals surface area contributed by atoms with Gasteiger partial charge in [-0.15, -0.1) is 4.99 Å². The molecule has 0 aromatic heterocycles. The lowest BCUT2D eigenvalue weighted by molar-refractivity contribution is -0.142. The van der Waals surface area contributed by atoms with E-state index in [1.807, 2.05) is 6.92 Å². The lowest BCUT2D eigenvalue weighted by atomic mass is 9.94. The van der Waals surface area contributed by atoms with E-state index in [4.69, 9.17) is 9.47 Å². The summed E-state index contributed by atoms with van der Waals surface area (Å²) in [6.07, 6.45) is -0.534. The fourth-order valence-corrected chi connectivity index (χ4v) is 3.99. The SMILES string of the molecule is CCOC(=O)Cc1ccc(OC)c(-c2ccc(C(F)(F)F)cc2CN(CC)/C(=N/C#N)NCC2CC2)c1. The largest absolute Gasteiger partial charge is 0.496 e. The number of rotatable bonds is 10. The zero-order chi connectivity index (χ0) is 27.0. The Kier molecular flexibility index (Phi) is 9.39. The molecule has 0 saturated heterocycles. The van der Waals surface area contributed by atoms with E-state index in [1.54, 1.807) is 36.2 Å². The summed E-state index contributed by atoms with van der Waals surface area (Å²) in [5, 5.41) is 12.4. The third kappa shape index (κ3) is 7.62. The number of methoxy groups -OCH3 is 1. The summed E-state index contributed by atoms with van der Waals surface area (Å²) >= 11 is 0. The monoisotopic (exact) mass is 516 g/mol. The summed E-state index contributed by atoms with van der Waals surface area (Å²) in [5.41, 5.74) is 1.31. The van der Waals surface area contributed by atoms with Crippen LogP contribution in [-0.4, -0.2) is 43.6 Å². The van der Waals surface area contributed by atoms with Gasteiger partial charge in [0, 0.05) is 25.2 Å². The van der Waals surface area contributed by atoms with E-state index >= 15 is 0 Å². The molecule has 0 bridgehead atoms. The molecule has 10 heteroatoms. The van der Waals surface area contributed by atoms with E-state index in [0.29, 0.717) is 53.0 Å². The third-order valence-corrected chi connectivity index (χ3v) is 6.08. The summed E-state index contributed by atoms with van der Waals surface area (Å²) in [4.78, 5) is 17.7. The molecule has 3 rings (SSSR count). The van der Waals surface area contributed by atoms with Crippen LogP contribution < -0.4 is 10.1 Å². The minimum absolute atomic E-state index is 0.0198. The topological polar surface area (TPSA) is 87.0 Å². The maximum Gasteiger partial charge on any atom is 0.416 e. The minimum Gasteiger partial charge on any atom is -0.496 e. The maximum absolute atomic E-state index is 13.7. The number of guanidine groups is 1. The van der Waals surface area contributed by atoms with E-state index in [1.165, 1.54) is 13.2 Å². The molecule has 0 heterocycles. The van der Waals surface area contributed by atoms with Crippen LogP contribution in [0.1, 0.15) is 43.4 Å². The number of hydrogen-bond donors (Lipinski definition) is 1. The van der Waals surface area contributed by atoms with Crippen molar-refractivity contribution >= 4 is 11.9 Å². The molecule has 0 radical (unpaired) electrons. The van der Waals surface area contributed by atoms with Gasteiger partial charge < -0.3 is 19.7 Å². The highest BCUT2D eigenvalue weighted by atomic mass is 19.4. The molecule has 0 spiro atoms. The number of nitriles is 1. The smallest absolute Gasteiger partial charge is 0.416 e. The number of ether oxygens (including phenoxy) is 2. The van der Waals surface area contributed by atoms with Crippen molar-refractivity contribution in [2.75, 3.05) is 26.8 Å². The lowest BCUT2D eigenvalue weighted by Gasteiger charge is -2.26. The van der Waals surface area contributed by atoms with Gasteiger partial charge in [-0.05, 0) is 73.6 Å². The summed E-state index contributed by atoms with van der Waals surface area (Å²) < 4.78 is 51.6. The van der Waals surface area contributed by atoms with Crippen LogP contribution >= 0.6 is 0 Å². The first-order valence-electron chi connectivity index (χ1n) is 12.2. The maximum atomic E-state index is 13.7. The van der Waals surface area contributed by atoms with Crippen molar-refractivity contribution < 1.29 is 27.4 Å². The molecule has 2 aromatic carbocycles. The van der Waals surface area contributed by atoms with Gasteiger partial charge in [0.1, 0.15) is 5.75 Å². The molecular formula is C27H31F3N4O3. The van der Waals surface area contributed by atoms with Crippen LogP contribution in [0.4, 0.5) is 13.2 Å². The quantitative estimate of drug-likeness (QED) is 0.204. The summed E-state index contributed by atoms with van der Waals surface area (Å²) in [7, 11) is 1.48. The molecule has 1 fully saturated rings. The molecule has 1 saturated carbocycles. The van der Waals surface area contributed by atoms with Gasteiger partial charge in [0.25, 0.3) is 0 Å². The van der Waals surface area contributed by atoms with Gasteiger partial charge in [-0.1, -0.05) is 12.1 Å². The van der Waals surface area contributed by atoms with Crippen LogP contribution in [0.2, 0.25) is 0 Å². The zero-order valence-electron chi connectivity index (χ0n) is 21.2. The van der Waals surface area contributed by atoms with Crippen LogP contribution in [0.5, 0.6) is 5.75 Å². The molecule has 1 aliphatic carbocycles. The van der Waals surface area contributed by atoms with Crippen LogP contribution in [-0.2, 0) is 28.7 Å². The van der Waals surface area contributed by atoms with E-state index < -0.39 is 17.7 Å². The Bertz CT molecular complexity index is 1170. The molecule has 0 amide bonds. The van der Waals surface area contributed by atoms with E-state index in [9.17, 15) is 23.2 Å². The van der Waals surface area contributed by atoms with Crippen molar-refractivity contribution in [1.29, 1.82) is 5.26 Å². The lowest BCUT2D eigenvalue weighted by Crippen LogP contribution is -2.41. The second-order valence-corrected chi connectivity index (χ2v) is 8.76. The second kappa shape index (κ2) is 12.5. The van der Waals surface area contributed by atoms with Crippen molar-refractivity contribution in [2.24, 2.45) is 10.9 Å². The van der Waals surface area contributed by atoms with Crippen molar-refractivity contribution in [3.05, 3.63) is 53.1 Å². The first kappa shape index (κ1) is 27.8. The van der Waals surface area contributed by atoms with Gasteiger partial charge in [-0.2, -0.15) is 18.4 Å². The zero-order valence-corrected chi connectivity index (χ0v) is 21.2. The molecule has 1 N–H and O–H groups in total. The van der Waals surface area contributed by atoms with E-state index in [2.05, 4.69) is 10.3 Å². The highest BCUT2D eigenvalue weighted by Gasteiger charge is 2.32. The normalized spacial score (nSPS) is 13.6. The Labute approximate surface area is 214 Å². The van der Waals surface area contributed by atoms with Crippen LogP contribution in [0.3, 0.4) is 0 Å². The van der Waals surface area contributed by atoms with Crippen LogP contribution in [0, 0.1) is 17.4 Å². The highest BCUT2D eigenvalue weighted by Crippen LogP contribution is 2.38. The van der Waals surface area contributed by atoms with Gasteiger partial charge in [0.05, 0.1) is 25.7 Å². The molecule has 0 unspecified atom stereocenters. The minimum atomic E-state index is -4.53. The molecular weight excluding hydrogens is 485 g/mol. The number of hydrogen-bond acceptors (Lipinski definition) is 5. The van der Waals surface area contributed by atoms with Crippen molar-refractivity contribution in [2.45, 2.75) is 45.8 Å². The molecule has 7 nitrogen and oxygen atoms in total. The van der Waals surface area contributed by atoms with Crippen molar-refractivity contribution in [3.63, 3.8) is 0 Å². The summed E-state index contributed by atoms with van der Waals surface area (Å²) in [6, 6.07) is 8.69. The summed E-state index contributed by atoms with van der Waals surface area (Å²) in [6.45, 7) is 4.94. The molecule has 37 heavy (non-hydrogen) atoms. The summed E-state index contributed by atoms with van der Waals surface area (Å²) in [5.74, 6) is 0.887. The van der Waals surface area contributed by atoms with Crippen molar-refractivity contribution in [1.82, 2.24) is 10.2 Å². The number of halogens is 3. The number of aliphatic imine (C=N–C) groups is 1. The van der Waals surface area contributed by atoms with Crippen molar-refractivity contribution in [3.8, 4) is 23.1 Å². The standard InChI is InChI=1S/C27H31F3N4O3/c1-4-34(26(33-17-31)32-15-18-6-7-18)16-20-14-21(27(28,29)30)9-10-22(20)23-12-19(8-11-24(23)36-3)13-25(35)37-5-2/h8-12,14,18H,4-7,13,15-16H2,1-3H3,(H,32,33). The number of nitrogens with zero attached hydrogens (tertiary/aromatic N) is 3. The third-order valence-electron chi connectivity index (χ3n) is 6.08. The molecule has 0 aliphatic heterocycles. The number of esters is 1. The first-order chi connectivity index (χ1) is 17.7. The number of carbonyl (C=O) groups excluding carboxylic acids is 1. The average molecular weight is 517 g/mol. The van der Waals surface area contributed by atoms with E-state index in [-0.39, 0.29) is 19.6 Å². The second-order valence-electron chi connectivity index (χ2n) is 8.76. The fourth-order valence-electron chi connectivity index (χ4n) is 3.99. The molecule has 198 valence electrons. The Balaban J connectivity index is 2.05. The molecule has 0 atom stereocenters. The Hall–Kier alpha value is -3.74. The Morgan fingerprint density at radius 3 is 2.54 bits per heavy atom. The average Bonchev–Trinajstić information content (AvgIpc) is 3.69. The number of carbonyl (C=O) groups is 1. The number of benzene rings is 2. The fraction of sp³-hybridized carbons (Fsp3) is 0.444. The molecule has 1 aliphatic rings. The highest BCUT2D eigenvalue weighted by molar-refractivity contribution is 5.82. The Morgan fingerprint density at radius 2 is 1.95 bits per heavy atom. The van der Waals surface area contributed by atoms with Gasteiger partial charge in [0.15, 0.2) is 0 Å². The van der Waals surface area contributed by atoms with E-state index in [0.717, 1.165) is 25.0 Å². The number of nitrogens with one attached hydrogen (secondary N) is 1. The van der Waals surface area contributed by atoms with Crippen LogP contribution in [0.25, 0.3) is 11.1 Å². The van der Waals surface area contributed by atoms with Gasteiger partial charge >= 0.3 is 12.1 Å². The van der Waals surface area contributed by atoms with Gasteiger partial charge in [-0.25, -0.2) is 0 Å². The van der Waals surface area contributed by atoms with Gasteiger partial charge in [0.2, 0.25) is 12.2 Å². The van der Waals surface area contributed by atoms with Gasteiger partial charge in [-0.3, -0.25) is 4.79 Å². The predicted octanol–water partition coefficient (Wildman–Crippen LogP) is 5.15. The predicted molar refractivity (Wildman–Crippen MR) is 134 cm³/mol. The Morgan fingerprint density at radius 1 is 1.19 bits per heavy atom. The first-order valence-corrected chi connectivity index (χ1v) is 12.2.